The molecule has 0 aliphatic carbocycles. The number of aliphatic carboxylic acids is 1. The van der Waals surface area contributed by atoms with Gasteiger partial charge in [0.1, 0.15) is 11.6 Å². The minimum Gasteiger partial charge on any atom is -0.480 e. The molecule has 0 fully saturated rings. The van der Waals surface area contributed by atoms with Crippen molar-refractivity contribution in [3.63, 3.8) is 0 Å². The van der Waals surface area contributed by atoms with Gasteiger partial charge in [0.05, 0.1) is 0 Å². The van der Waals surface area contributed by atoms with Crippen LogP contribution in [-0.4, -0.2) is 35.4 Å². The third kappa shape index (κ3) is 8.83. The Morgan fingerprint density at radius 2 is 1.87 bits per heavy atom. The summed E-state index contributed by atoms with van der Waals surface area (Å²) in [6.45, 7) is 6.25. The van der Waals surface area contributed by atoms with Crippen molar-refractivity contribution >= 4 is 12.1 Å². The van der Waals surface area contributed by atoms with Crippen LogP contribution in [0.1, 0.15) is 39.2 Å². The van der Waals surface area contributed by atoms with Gasteiger partial charge in [-0.15, -0.1) is 0 Å². The van der Waals surface area contributed by atoms with Crippen molar-refractivity contribution in [1.82, 2.24) is 10.6 Å². The molecule has 0 saturated heterocycles. The summed E-state index contributed by atoms with van der Waals surface area (Å²) in [4.78, 5) is 22.7. The van der Waals surface area contributed by atoms with Crippen LogP contribution in [0.25, 0.3) is 0 Å². The van der Waals surface area contributed by atoms with E-state index in [9.17, 15) is 14.7 Å². The minimum atomic E-state index is -0.891. The zero-order valence-corrected chi connectivity index (χ0v) is 14.0. The highest BCUT2D eigenvalue weighted by atomic mass is 16.6. The van der Waals surface area contributed by atoms with E-state index in [4.69, 9.17) is 4.74 Å². The maximum atomic E-state index is 11.5. The number of benzene rings is 1. The lowest BCUT2D eigenvalue weighted by Crippen LogP contribution is -2.37. The quantitative estimate of drug-likeness (QED) is 0.640. The van der Waals surface area contributed by atoms with Crippen LogP contribution in [0.4, 0.5) is 4.79 Å². The summed E-state index contributed by atoms with van der Waals surface area (Å²) in [5, 5.41) is 14.9. The van der Waals surface area contributed by atoms with Gasteiger partial charge in [-0.05, 0) is 39.2 Å². The fourth-order valence-electron chi connectivity index (χ4n) is 1.96. The van der Waals surface area contributed by atoms with E-state index in [1.807, 2.05) is 30.3 Å². The molecule has 0 spiro atoms. The topological polar surface area (TPSA) is 87.7 Å². The van der Waals surface area contributed by atoms with Gasteiger partial charge in [-0.1, -0.05) is 30.3 Å². The second-order valence-electron chi connectivity index (χ2n) is 6.33. The highest BCUT2D eigenvalue weighted by Gasteiger charge is 2.18. The predicted octanol–water partition coefficient (Wildman–Crippen LogP) is 2.53. The molecule has 1 amide bonds. The molecule has 0 bridgehead atoms. The summed E-state index contributed by atoms with van der Waals surface area (Å²) in [6, 6.07) is 8.98. The largest absolute Gasteiger partial charge is 0.480 e. The first-order chi connectivity index (χ1) is 10.8. The molecule has 0 saturated carbocycles. The Morgan fingerprint density at radius 1 is 1.22 bits per heavy atom. The van der Waals surface area contributed by atoms with Gasteiger partial charge >= 0.3 is 12.1 Å². The van der Waals surface area contributed by atoms with Crippen molar-refractivity contribution in [3.8, 4) is 0 Å². The van der Waals surface area contributed by atoms with Crippen LogP contribution in [-0.2, 0) is 16.1 Å². The van der Waals surface area contributed by atoms with Crippen LogP contribution >= 0.6 is 0 Å². The Morgan fingerprint density at radius 3 is 2.43 bits per heavy atom. The summed E-state index contributed by atoms with van der Waals surface area (Å²) >= 11 is 0. The van der Waals surface area contributed by atoms with Crippen molar-refractivity contribution in [3.05, 3.63) is 35.9 Å². The summed E-state index contributed by atoms with van der Waals surface area (Å²) in [6.07, 6.45) is 0.497. The van der Waals surface area contributed by atoms with E-state index in [0.29, 0.717) is 25.9 Å². The van der Waals surface area contributed by atoms with Crippen molar-refractivity contribution in [2.75, 3.05) is 6.54 Å². The Labute approximate surface area is 137 Å². The lowest BCUT2D eigenvalue weighted by molar-refractivity contribution is -0.139. The van der Waals surface area contributed by atoms with Crippen LogP contribution in [0.15, 0.2) is 30.3 Å². The van der Waals surface area contributed by atoms with Crippen LogP contribution < -0.4 is 10.6 Å². The van der Waals surface area contributed by atoms with E-state index in [0.717, 1.165) is 5.56 Å². The molecular formula is C17H26N2O4. The van der Waals surface area contributed by atoms with E-state index in [1.165, 1.54) is 0 Å². The highest BCUT2D eigenvalue weighted by molar-refractivity contribution is 5.73. The number of carboxylic acids is 1. The third-order valence-electron chi connectivity index (χ3n) is 3.03. The maximum Gasteiger partial charge on any atom is 0.407 e. The van der Waals surface area contributed by atoms with Crippen molar-refractivity contribution in [1.29, 1.82) is 0 Å². The summed E-state index contributed by atoms with van der Waals surface area (Å²) in [5.74, 6) is -0.891. The molecule has 0 radical (unpaired) electrons. The fourth-order valence-corrected chi connectivity index (χ4v) is 1.96. The lowest BCUT2D eigenvalue weighted by Gasteiger charge is -2.20. The van der Waals surface area contributed by atoms with Gasteiger partial charge in [0.25, 0.3) is 0 Å². The molecule has 23 heavy (non-hydrogen) atoms. The molecule has 6 nitrogen and oxygen atoms in total. The molecule has 6 heteroatoms. The Kier molecular flexibility index (Phi) is 7.54. The van der Waals surface area contributed by atoms with Gasteiger partial charge in [-0.2, -0.15) is 0 Å². The van der Waals surface area contributed by atoms with Crippen LogP contribution in [0.5, 0.6) is 0 Å². The maximum absolute atomic E-state index is 11.5. The second kappa shape index (κ2) is 9.15. The molecule has 1 aromatic rings. The summed E-state index contributed by atoms with van der Waals surface area (Å²) in [7, 11) is 0. The molecule has 0 unspecified atom stereocenters. The van der Waals surface area contributed by atoms with Gasteiger partial charge in [0.15, 0.2) is 0 Å². The summed E-state index contributed by atoms with van der Waals surface area (Å²) in [5.41, 5.74) is 0.496. The van der Waals surface area contributed by atoms with Gasteiger partial charge in [-0.3, -0.25) is 4.79 Å². The number of ether oxygens (including phenoxy) is 1. The number of rotatable bonds is 8. The number of carboxylic acid groups (broad SMARTS) is 1. The Balaban J connectivity index is 2.28. The number of hydrogen-bond donors (Lipinski definition) is 3. The summed E-state index contributed by atoms with van der Waals surface area (Å²) < 4.78 is 5.12. The van der Waals surface area contributed by atoms with Crippen molar-refractivity contribution in [2.24, 2.45) is 0 Å². The zero-order chi connectivity index (χ0) is 17.3. The van der Waals surface area contributed by atoms with Crippen LogP contribution in [0, 0.1) is 0 Å². The smallest absolute Gasteiger partial charge is 0.407 e. The average molecular weight is 322 g/mol. The molecular weight excluding hydrogens is 296 g/mol. The first-order valence-corrected chi connectivity index (χ1v) is 7.75. The molecule has 1 rings (SSSR count). The van der Waals surface area contributed by atoms with Gasteiger partial charge in [0.2, 0.25) is 0 Å². The number of amides is 1. The molecule has 1 aromatic carbocycles. The van der Waals surface area contributed by atoms with E-state index >= 15 is 0 Å². The molecule has 0 heterocycles. The number of nitrogens with one attached hydrogen (secondary N) is 2. The zero-order valence-electron chi connectivity index (χ0n) is 14.0. The van der Waals surface area contributed by atoms with Crippen molar-refractivity contribution in [2.45, 2.75) is 51.8 Å². The first kappa shape index (κ1) is 19.0. The minimum absolute atomic E-state index is 0.381. The van der Waals surface area contributed by atoms with Crippen molar-refractivity contribution < 1.29 is 19.4 Å². The Hall–Kier alpha value is -2.08. The predicted molar refractivity (Wildman–Crippen MR) is 88.2 cm³/mol. The monoisotopic (exact) mass is 322 g/mol. The standard InChI is InChI=1S/C17H26N2O4/c1-17(2,3)23-16(22)18-11-7-10-14(15(20)21)19-12-13-8-5-4-6-9-13/h4-6,8-9,14,19H,7,10-12H2,1-3H3,(H,18,22)(H,20,21)/t14-/m0/s1. The van der Waals surface area contributed by atoms with E-state index in [-0.39, 0.29) is 0 Å². The molecule has 1 atom stereocenters. The lowest BCUT2D eigenvalue weighted by atomic mass is 10.1. The Bertz CT molecular complexity index is 497. The van der Waals surface area contributed by atoms with E-state index in [2.05, 4.69) is 10.6 Å². The number of hydrogen-bond acceptors (Lipinski definition) is 4. The normalized spacial score (nSPS) is 12.5. The second-order valence-corrected chi connectivity index (χ2v) is 6.33. The third-order valence-corrected chi connectivity index (χ3v) is 3.03. The van der Waals surface area contributed by atoms with E-state index < -0.39 is 23.7 Å². The highest BCUT2D eigenvalue weighted by Crippen LogP contribution is 2.06. The number of alkyl carbamates (subject to hydrolysis) is 1. The fraction of sp³-hybridized carbons (Fsp3) is 0.529. The molecule has 0 aliphatic rings. The van der Waals surface area contributed by atoms with Gasteiger partial charge < -0.3 is 20.5 Å². The van der Waals surface area contributed by atoms with Gasteiger partial charge in [0, 0.05) is 13.1 Å². The molecule has 128 valence electrons. The SMILES string of the molecule is CC(C)(C)OC(=O)NCCC[C@H](NCc1ccccc1)C(=O)O. The number of carbonyl (C=O) groups is 2. The molecule has 0 aliphatic heterocycles. The number of carbonyl (C=O) groups excluding carboxylic acids is 1. The van der Waals surface area contributed by atoms with Crippen LogP contribution in [0.3, 0.4) is 0 Å². The van der Waals surface area contributed by atoms with E-state index in [1.54, 1.807) is 20.8 Å². The van der Waals surface area contributed by atoms with Gasteiger partial charge in [-0.25, -0.2) is 4.79 Å². The first-order valence-electron chi connectivity index (χ1n) is 7.75. The van der Waals surface area contributed by atoms with Crippen LogP contribution in [0.2, 0.25) is 0 Å². The molecule has 0 aromatic heterocycles. The molecule has 3 N–H and O–H groups in total. The average Bonchev–Trinajstić information content (AvgIpc) is 2.45.